The molecule has 0 saturated carbocycles. The minimum atomic E-state index is -1.35. The first-order valence-electron chi connectivity index (χ1n) is 7.72. The van der Waals surface area contributed by atoms with E-state index in [4.69, 9.17) is 21.1 Å². The molecule has 0 saturated heterocycles. The summed E-state index contributed by atoms with van der Waals surface area (Å²) in [6.07, 6.45) is 1.59. The third-order valence-corrected chi connectivity index (χ3v) is 3.15. The SMILES string of the molecule is C[C@H](N)C(=O)N[C@H](CCC(=O)NC(CC=CCC(=O)O)C(=O)O)C(=O)O. The highest BCUT2D eigenvalue weighted by Crippen LogP contribution is 2.02. The van der Waals surface area contributed by atoms with Crippen molar-refractivity contribution in [2.75, 3.05) is 0 Å². The first-order valence-corrected chi connectivity index (χ1v) is 7.72. The van der Waals surface area contributed by atoms with Crippen LogP contribution in [-0.2, 0) is 24.0 Å². The summed E-state index contributed by atoms with van der Waals surface area (Å²) in [4.78, 5) is 55.8. The second kappa shape index (κ2) is 11.6. The Hall–Kier alpha value is -2.95. The molecule has 0 aliphatic heterocycles. The Bertz CT molecular complexity index is 573. The van der Waals surface area contributed by atoms with Gasteiger partial charge >= 0.3 is 17.9 Å². The molecule has 0 heterocycles. The molecule has 2 amide bonds. The summed E-state index contributed by atoms with van der Waals surface area (Å²) < 4.78 is 0. The molecule has 1 unspecified atom stereocenters. The zero-order valence-electron chi connectivity index (χ0n) is 14.2. The summed E-state index contributed by atoms with van der Waals surface area (Å²) in [5.41, 5.74) is 5.32. The van der Waals surface area contributed by atoms with E-state index in [9.17, 15) is 24.0 Å². The lowest BCUT2D eigenvalue weighted by atomic mass is 10.1. The third-order valence-electron chi connectivity index (χ3n) is 3.15. The van der Waals surface area contributed by atoms with Crippen LogP contribution in [0, 0.1) is 0 Å². The molecular weight excluding hydrogens is 350 g/mol. The second-order valence-electron chi connectivity index (χ2n) is 5.49. The number of nitrogens with two attached hydrogens (primary N) is 1. The summed E-state index contributed by atoms with van der Waals surface area (Å²) in [6, 6.07) is -3.54. The number of amides is 2. The number of carboxylic acid groups (broad SMARTS) is 3. The van der Waals surface area contributed by atoms with E-state index >= 15 is 0 Å². The van der Waals surface area contributed by atoms with Crippen LogP contribution in [0.2, 0.25) is 0 Å². The first kappa shape index (κ1) is 23.1. The van der Waals surface area contributed by atoms with E-state index in [1.807, 2.05) is 0 Å². The van der Waals surface area contributed by atoms with Gasteiger partial charge in [-0.15, -0.1) is 0 Å². The maximum atomic E-state index is 11.8. The molecular formula is C15H23N3O8. The number of aliphatic carboxylic acids is 3. The van der Waals surface area contributed by atoms with Crippen LogP contribution < -0.4 is 16.4 Å². The summed E-state index contributed by atoms with van der Waals surface area (Å²) in [6.45, 7) is 1.37. The van der Waals surface area contributed by atoms with E-state index < -0.39 is 47.8 Å². The highest BCUT2D eigenvalue weighted by Gasteiger charge is 2.24. The fourth-order valence-corrected chi connectivity index (χ4v) is 1.74. The molecule has 0 aliphatic rings. The second-order valence-corrected chi connectivity index (χ2v) is 5.49. The molecule has 0 spiro atoms. The number of nitrogens with one attached hydrogen (secondary N) is 2. The van der Waals surface area contributed by atoms with Crippen molar-refractivity contribution in [1.82, 2.24) is 10.6 Å². The standard InChI is InChI=1S/C15H23N3O8/c1-8(16)13(22)18-10(15(25)26)6-7-11(19)17-9(14(23)24)4-2-3-5-12(20)21/h2-3,8-10H,4-7,16H2,1H3,(H,17,19)(H,18,22)(H,20,21)(H,23,24)(H,25,26)/t8-,9?,10+/m0/s1. The molecule has 7 N–H and O–H groups in total. The average molecular weight is 373 g/mol. The van der Waals surface area contributed by atoms with Gasteiger partial charge in [0.15, 0.2) is 0 Å². The number of rotatable bonds is 12. The third kappa shape index (κ3) is 10.0. The van der Waals surface area contributed by atoms with Crippen molar-refractivity contribution < 1.29 is 39.3 Å². The number of hydrogen-bond acceptors (Lipinski definition) is 6. The Morgan fingerprint density at radius 3 is 2.00 bits per heavy atom. The van der Waals surface area contributed by atoms with Crippen LogP contribution in [-0.4, -0.2) is 63.2 Å². The number of carbonyl (C=O) groups is 5. The van der Waals surface area contributed by atoms with Gasteiger partial charge in [-0.05, 0) is 19.8 Å². The molecule has 0 aromatic carbocycles. The molecule has 0 radical (unpaired) electrons. The highest BCUT2D eigenvalue weighted by molar-refractivity contribution is 5.87. The van der Waals surface area contributed by atoms with E-state index in [1.54, 1.807) is 0 Å². The normalized spacial score (nSPS) is 14.2. The Balaban J connectivity index is 4.58. The van der Waals surface area contributed by atoms with Gasteiger partial charge in [0.25, 0.3) is 0 Å². The van der Waals surface area contributed by atoms with Crippen molar-refractivity contribution in [3.05, 3.63) is 12.2 Å². The first-order chi connectivity index (χ1) is 12.0. The summed E-state index contributed by atoms with van der Waals surface area (Å²) in [5, 5.41) is 30.9. The van der Waals surface area contributed by atoms with Gasteiger partial charge in [0.05, 0.1) is 12.5 Å². The lowest BCUT2D eigenvalue weighted by Crippen LogP contribution is -2.48. The summed E-state index contributed by atoms with van der Waals surface area (Å²) >= 11 is 0. The maximum Gasteiger partial charge on any atom is 0.326 e. The Kier molecular flexibility index (Phi) is 10.3. The van der Waals surface area contributed by atoms with Crippen LogP contribution >= 0.6 is 0 Å². The van der Waals surface area contributed by atoms with Crippen LogP contribution in [0.3, 0.4) is 0 Å². The number of carbonyl (C=O) groups excluding carboxylic acids is 2. The van der Waals surface area contributed by atoms with Gasteiger partial charge in [-0.25, -0.2) is 9.59 Å². The Morgan fingerprint density at radius 1 is 0.962 bits per heavy atom. The van der Waals surface area contributed by atoms with Gasteiger partial charge in [0.1, 0.15) is 12.1 Å². The molecule has 26 heavy (non-hydrogen) atoms. The fourth-order valence-electron chi connectivity index (χ4n) is 1.74. The fraction of sp³-hybridized carbons (Fsp3) is 0.533. The molecule has 0 fully saturated rings. The zero-order valence-corrected chi connectivity index (χ0v) is 14.2. The minimum absolute atomic E-state index is 0.127. The number of carboxylic acids is 3. The maximum absolute atomic E-state index is 11.8. The molecule has 0 aliphatic carbocycles. The highest BCUT2D eigenvalue weighted by atomic mass is 16.4. The smallest absolute Gasteiger partial charge is 0.326 e. The van der Waals surface area contributed by atoms with Crippen LogP contribution in [0.1, 0.15) is 32.6 Å². The van der Waals surface area contributed by atoms with Crippen molar-refractivity contribution in [2.24, 2.45) is 5.73 Å². The monoisotopic (exact) mass is 373 g/mol. The van der Waals surface area contributed by atoms with Gasteiger partial charge < -0.3 is 31.7 Å². The lowest BCUT2D eigenvalue weighted by Gasteiger charge is -2.17. The van der Waals surface area contributed by atoms with Gasteiger partial charge in [0, 0.05) is 6.42 Å². The molecule has 0 aromatic rings. The predicted molar refractivity (Wildman–Crippen MR) is 88.0 cm³/mol. The summed E-state index contributed by atoms with van der Waals surface area (Å²) in [7, 11) is 0. The van der Waals surface area contributed by atoms with Crippen molar-refractivity contribution in [3.63, 3.8) is 0 Å². The van der Waals surface area contributed by atoms with Crippen LogP contribution in [0.25, 0.3) is 0 Å². The quantitative estimate of drug-likeness (QED) is 0.225. The summed E-state index contributed by atoms with van der Waals surface area (Å²) in [5.74, 6) is -5.16. The largest absolute Gasteiger partial charge is 0.481 e. The minimum Gasteiger partial charge on any atom is -0.481 e. The molecule has 0 aromatic heterocycles. The van der Waals surface area contributed by atoms with Gasteiger partial charge in [-0.2, -0.15) is 0 Å². The van der Waals surface area contributed by atoms with E-state index in [0.29, 0.717) is 0 Å². The molecule has 0 rings (SSSR count). The van der Waals surface area contributed by atoms with Crippen LogP contribution in [0.4, 0.5) is 0 Å². The van der Waals surface area contributed by atoms with E-state index in [-0.39, 0.29) is 25.7 Å². The molecule has 11 heteroatoms. The van der Waals surface area contributed by atoms with E-state index in [2.05, 4.69) is 10.6 Å². The van der Waals surface area contributed by atoms with Crippen molar-refractivity contribution in [1.29, 1.82) is 0 Å². The van der Waals surface area contributed by atoms with Crippen molar-refractivity contribution in [3.8, 4) is 0 Å². The molecule has 3 atom stereocenters. The predicted octanol–water partition coefficient (Wildman–Crippen LogP) is -1.33. The molecule has 146 valence electrons. The van der Waals surface area contributed by atoms with E-state index in [0.717, 1.165) is 0 Å². The topological polar surface area (TPSA) is 196 Å². The Labute approximate surface area is 149 Å². The lowest BCUT2D eigenvalue weighted by molar-refractivity contribution is -0.143. The van der Waals surface area contributed by atoms with Gasteiger partial charge in [-0.1, -0.05) is 12.2 Å². The van der Waals surface area contributed by atoms with Crippen LogP contribution in [0.15, 0.2) is 12.2 Å². The van der Waals surface area contributed by atoms with Crippen molar-refractivity contribution >= 4 is 29.7 Å². The Morgan fingerprint density at radius 2 is 1.54 bits per heavy atom. The average Bonchev–Trinajstić information content (AvgIpc) is 2.52. The molecule has 0 bridgehead atoms. The zero-order chi connectivity index (χ0) is 20.3. The number of hydrogen-bond donors (Lipinski definition) is 6. The van der Waals surface area contributed by atoms with Gasteiger partial charge in [0.2, 0.25) is 11.8 Å². The van der Waals surface area contributed by atoms with Crippen molar-refractivity contribution in [2.45, 2.75) is 50.7 Å². The van der Waals surface area contributed by atoms with Crippen LogP contribution in [0.5, 0.6) is 0 Å². The molecule has 11 nitrogen and oxygen atoms in total. The van der Waals surface area contributed by atoms with E-state index in [1.165, 1.54) is 19.1 Å². The van der Waals surface area contributed by atoms with Gasteiger partial charge in [-0.3, -0.25) is 14.4 Å².